The van der Waals surface area contributed by atoms with Crippen LogP contribution in [0.4, 0.5) is 0 Å². The Morgan fingerprint density at radius 1 is 1.58 bits per heavy atom. The average Bonchev–Trinajstić information content (AvgIpc) is 2.52. The highest BCUT2D eigenvalue weighted by Crippen LogP contribution is 2.25. The van der Waals surface area contributed by atoms with Gasteiger partial charge in [-0.1, -0.05) is 6.92 Å². The van der Waals surface area contributed by atoms with Crippen LogP contribution in [0.25, 0.3) is 0 Å². The summed E-state index contributed by atoms with van der Waals surface area (Å²) < 4.78 is 0. The van der Waals surface area contributed by atoms with Crippen LogP contribution in [-0.4, -0.2) is 0 Å². The van der Waals surface area contributed by atoms with E-state index in [2.05, 4.69) is 12.1 Å². The smallest absolute Gasteiger partial charge is 0.100 e. The van der Waals surface area contributed by atoms with Crippen LogP contribution in [0.15, 0.2) is 11.4 Å². The fraction of sp³-hybridized carbons (Fsp3) is 0.333. The molecule has 1 aromatic rings. The minimum absolute atomic E-state index is 0.252. The standard InChI is InChI=1S/C9H8N2S/c1-7(2-3-10)9-4-8(5-11)6-12-9/h4,6-7H,2H2,1H3. The Bertz CT molecular complexity index is 340. The second-order valence-electron chi connectivity index (χ2n) is 2.61. The molecule has 0 saturated carbocycles. The lowest BCUT2D eigenvalue weighted by atomic mass is 10.1. The normalized spacial score (nSPS) is 11.6. The average molecular weight is 176 g/mol. The molecule has 12 heavy (non-hydrogen) atoms. The highest BCUT2D eigenvalue weighted by atomic mass is 32.1. The Labute approximate surface area is 75.7 Å². The molecule has 1 rings (SSSR count). The molecule has 1 atom stereocenters. The molecule has 0 amide bonds. The van der Waals surface area contributed by atoms with Crippen LogP contribution in [0.1, 0.15) is 29.7 Å². The maximum Gasteiger partial charge on any atom is 0.100 e. The second kappa shape index (κ2) is 3.90. The van der Waals surface area contributed by atoms with Gasteiger partial charge in [-0.3, -0.25) is 0 Å². The van der Waals surface area contributed by atoms with Crippen LogP contribution < -0.4 is 0 Å². The second-order valence-corrected chi connectivity index (χ2v) is 3.56. The summed E-state index contributed by atoms with van der Waals surface area (Å²) in [5, 5.41) is 18.8. The number of hydrogen-bond donors (Lipinski definition) is 0. The fourth-order valence-corrected chi connectivity index (χ4v) is 1.80. The van der Waals surface area contributed by atoms with E-state index in [0.29, 0.717) is 12.0 Å². The lowest BCUT2D eigenvalue weighted by molar-refractivity contribution is 0.806. The minimum atomic E-state index is 0.252. The zero-order valence-corrected chi connectivity index (χ0v) is 7.56. The van der Waals surface area contributed by atoms with Gasteiger partial charge in [0.1, 0.15) is 6.07 Å². The molecule has 0 fully saturated rings. The van der Waals surface area contributed by atoms with E-state index < -0.39 is 0 Å². The van der Waals surface area contributed by atoms with Crippen LogP contribution in [0.2, 0.25) is 0 Å². The molecule has 3 heteroatoms. The molecule has 0 bridgehead atoms. The molecular formula is C9H8N2S. The quantitative estimate of drug-likeness (QED) is 0.695. The number of hydrogen-bond acceptors (Lipinski definition) is 3. The van der Waals surface area contributed by atoms with Crippen molar-refractivity contribution in [3.8, 4) is 12.1 Å². The van der Waals surface area contributed by atoms with Gasteiger partial charge in [-0.25, -0.2) is 0 Å². The van der Waals surface area contributed by atoms with Crippen molar-refractivity contribution in [1.29, 1.82) is 10.5 Å². The third-order valence-corrected chi connectivity index (χ3v) is 2.80. The Morgan fingerprint density at radius 3 is 2.83 bits per heavy atom. The summed E-state index contributed by atoms with van der Waals surface area (Å²) in [4.78, 5) is 1.12. The van der Waals surface area contributed by atoms with Crippen LogP contribution in [0, 0.1) is 22.7 Å². The Balaban J connectivity index is 2.77. The van der Waals surface area contributed by atoms with Crippen molar-refractivity contribution in [2.45, 2.75) is 19.3 Å². The van der Waals surface area contributed by atoms with Gasteiger partial charge in [0.25, 0.3) is 0 Å². The van der Waals surface area contributed by atoms with Crippen molar-refractivity contribution in [1.82, 2.24) is 0 Å². The minimum Gasteiger partial charge on any atom is -0.198 e. The maximum atomic E-state index is 8.55. The zero-order chi connectivity index (χ0) is 8.97. The first-order valence-corrected chi connectivity index (χ1v) is 4.51. The van der Waals surface area contributed by atoms with Crippen molar-refractivity contribution in [2.75, 3.05) is 0 Å². The van der Waals surface area contributed by atoms with Gasteiger partial charge < -0.3 is 0 Å². The largest absolute Gasteiger partial charge is 0.198 e. The first-order valence-electron chi connectivity index (χ1n) is 3.63. The zero-order valence-electron chi connectivity index (χ0n) is 6.74. The van der Waals surface area contributed by atoms with Crippen LogP contribution in [0.5, 0.6) is 0 Å². The first kappa shape index (κ1) is 8.77. The monoisotopic (exact) mass is 176 g/mol. The van der Waals surface area contributed by atoms with Crippen molar-refractivity contribution in [3.63, 3.8) is 0 Å². The van der Waals surface area contributed by atoms with Crippen LogP contribution >= 0.6 is 11.3 Å². The number of rotatable bonds is 2. The van der Waals surface area contributed by atoms with E-state index >= 15 is 0 Å². The molecular weight excluding hydrogens is 168 g/mol. The molecule has 1 unspecified atom stereocenters. The Kier molecular flexibility index (Phi) is 2.85. The molecule has 0 aromatic carbocycles. The van der Waals surface area contributed by atoms with Crippen LogP contribution in [-0.2, 0) is 0 Å². The van der Waals surface area contributed by atoms with Crippen molar-refractivity contribution in [2.24, 2.45) is 0 Å². The van der Waals surface area contributed by atoms with E-state index in [9.17, 15) is 0 Å². The summed E-state index contributed by atoms with van der Waals surface area (Å²) in [7, 11) is 0. The molecule has 0 aliphatic rings. The van der Waals surface area contributed by atoms with E-state index in [4.69, 9.17) is 10.5 Å². The molecule has 0 spiro atoms. The highest BCUT2D eigenvalue weighted by molar-refractivity contribution is 7.10. The van der Waals surface area contributed by atoms with E-state index in [-0.39, 0.29) is 5.92 Å². The molecule has 60 valence electrons. The van der Waals surface area contributed by atoms with Crippen LogP contribution in [0.3, 0.4) is 0 Å². The molecule has 1 aromatic heterocycles. The topological polar surface area (TPSA) is 47.6 Å². The van der Waals surface area contributed by atoms with Gasteiger partial charge in [-0.2, -0.15) is 10.5 Å². The molecule has 1 heterocycles. The summed E-state index contributed by atoms with van der Waals surface area (Å²) in [6.45, 7) is 2.00. The summed E-state index contributed by atoms with van der Waals surface area (Å²) in [6, 6.07) is 6.04. The van der Waals surface area contributed by atoms with Gasteiger partial charge in [0.15, 0.2) is 0 Å². The van der Waals surface area contributed by atoms with Crippen molar-refractivity contribution < 1.29 is 0 Å². The lowest BCUT2D eigenvalue weighted by Crippen LogP contribution is -1.86. The first-order chi connectivity index (χ1) is 5.77. The molecule has 0 radical (unpaired) electrons. The highest BCUT2D eigenvalue weighted by Gasteiger charge is 2.07. The van der Waals surface area contributed by atoms with E-state index in [1.807, 2.05) is 18.4 Å². The van der Waals surface area contributed by atoms with Gasteiger partial charge in [0, 0.05) is 22.6 Å². The molecule has 0 aliphatic heterocycles. The Morgan fingerprint density at radius 2 is 2.33 bits per heavy atom. The summed E-state index contributed by atoms with van der Waals surface area (Å²) in [6.07, 6.45) is 0.519. The maximum absolute atomic E-state index is 8.55. The molecule has 2 nitrogen and oxygen atoms in total. The third-order valence-electron chi connectivity index (χ3n) is 1.63. The SMILES string of the molecule is CC(CC#N)c1cc(C#N)cs1. The predicted octanol–water partition coefficient (Wildman–Crippen LogP) is 2.64. The third kappa shape index (κ3) is 1.84. The number of nitrogens with zero attached hydrogens (tertiary/aromatic N) is 2. The van der Waals surface area contributed by atoms with Crippen molar-refractivity contribution in [3.05, 3.63) is 21.9 Å². The van der Waals surface area contributed by atoms with Gasteiger partial charge in [0.05, 0.1) is 11.6 Å². The predicted molar refractivity (Wildman–Crippen MR) is 47.7 cm³/mol. The Hall–Kier alpha value is -1.32. The number of nitriles is 2. The molecule has 0 N–H and O–H groups in total. The lowest BCUT2D eigenvalue weighted by Gasteiger charge is -2.00. The van der Waals surface area contributed by atoms with Crippen molar-refractivity contribution >= 4 is 11.3 Å². The van der Waals surface area contributed by atoms with E-state index in [1.165, 1.54) is 0 Å². The summed E-state index contributed by atoms with van der Waals surface area (Å²) in [5.41, 5.74) is 0.694. The van der Waals surface area contributed by atoms with Gasteiger partial charge in [-0.05, 0) is 6.07 Å². The molecule has 0 aliphatic carbocycles. The van der Waals surface area contributed by atoms with E-state index in [0.717, 1.165) is 4.88 Å². The fourth-order valence-electron chi connectivity index (χ4n) is 0.907. The molecule has 0 saturated heterocycles. The van der Waals surface area contributed by atoms with Gasteiger partial charge in [0.2, 0.25) is 0 Å². The van der Waals surface area contributed by atoms with Gasteiger partial charge >= 0.3 is 0 Å². The summed E-state index contributed by atoms with van der Waals surface area (Å²) >= 11 is 1.55. The van der Waals surface area contributed by atoms with Gasteiger partial charge in [-0.15, -0.1) is 11.3 Å². The van der Waals surface area contributed by atoms with E-state index in [1.54, 1.807) is 11.3 Å². The number of thiophene rings is 1. The summed E-state index contributed by atoms with van der Waals surface area (Å²) in [5.74, 6) is 0.252.